The second-order valence-electron chi connectivity index (χ2n) is 6.54. The molecule has 0 bridgehead atoms. The quantitative estimate of drug-likeness (QED) is 0.502. The number of nitrogens with one attached hydrogen (secondary N) is 1. The zero-order chi connectivity index (χ0) is 19.5. The van der Waals surface area contributed by atoms with Gasteiger partial charge in [0, 0.05) is 12.6 Å². The number of rotatable bonds is 6. The molecule has 0 saturated carbocycles. The Morgan fingerprint density at radius 2 is 1.93 bits per heavy atom. The molecule has 0 aliphatic rings. The number of aromatic nitrogens is 2. The molecule has 5 nitrogen and oxygen atoms in total. The van der Waals surface area contributed by atoms with Crippen LogP contribution in [0.3, 0.4) is 0 Å². The van der Waals surface area contributed by atoms with Crippen LogP contribution < -0.4 is 10.1 Å². The van der Waals surface area contributed by atoms with E-state index in [1.165, 1.54) is 16.9 Å². The Kier molecular flexibility index (Phi) is 5.12. The van der Waals surface area contributed by atoms with Crippen molar-refractivity contribution in [2.24, 2.45) is 7.05 Å². The van der Waals surface area contributed by atoms with Gasteiger partial charge in [0.1, 0.15) is 12.4 Å². The van der Waals surface area contributed by atoms with E-state index in [1.807, 2.05) is 59.5 Å². The number of nitrogens with zero attached hydrogens (tertiary/aromatic N) is 2. The predicted octanol–water partition coefficient (Wildman–Crippen LogP) is 5.03. The molecule has 4 aromatic rings. The van der Waals surface area contributed by atoms with Gasteiger partial charge < -0.3 is 9.30 Å². The lowest BCUT2D eigenvalue weighted by Gasteiger charge is -2.05. The minimum absolute atomic E-state index is 0.165. The molecule has 1 amide bonds. The first-order chi connectivity index (χ1) is 13.6. The molecule has 0 aliphatic heterocycles. The Labute approximate surface area is 167 Å². The van der Waals surface area contributed by atoms with E-state index < -0.39 is 0 Å². The van der Waals surface area contributed by atoms with Crippen molar-refractivity contribution in [3.8, 4) is 5.75 Å². The van der Waals surface area contributed by atoms with Crippen molar-refractivity contribution in [3.63, 3.8) is 0 Å². The second-order valence-corrected chi connectivity index (χ2v) is 7.45. The van der Waals surface area contributed by atoms with Gasteiger partial charge in [-0.2, -0.15) is 0 Å². The molecule has 28 heavy (non-hydrogen) atoms. The summed E-state index contributed by atoms with van der Waals surface area (Å²) in [6.45, 7) is 2.56. The van der Waals surface area contributed by atoms with Gasteiger partial charge in [-0.15, -0.1) is 11.3 Å². The van der Waals surface area contributed by atoms with Crippen LogP contribution in [-0.4, -0.2) is 15.5 Å². The van der Waals surface area contributed by atoms with Crippen LogP contribution in [0.25, 0.3) is 11.0 Å². The van der Waals surface area contributed by atoms with Crippen molar-refractivity contribution in [3.05, 3.63) is 76.0 Å². The molecule has 0 atom stereocenters. The number of carbonyl (C=O) groups excluding carboxylic acids is 1. The standard InChI is InChI=1S/C22H21N3O2S/c1-3-15-8-10-17(11-9-15)27-13-16-12-20(28-14-16)21(26)24-22-23-18-6-4-5-7-19(18)25(22)2/h4-12,14H,3,13H2,1-2H3,(H,23,24,26). The Morgan fingerprint density at radius 1 is 1.14 bits per heavy atom. The van der Waals surface area contributed by atoms with Crippen LogP contribution in [0.15, 0.2) is 60.0 Å². The smallest absolute Gasteiger partial charge is 0.268 e. The van der Waals surface area contributed by atoms with Crippen LogP contribution in [-0.2, 0) is 20.1 Å². The number of carbonyl (C=O) groups is 1. The highest BCUT2D eigenvalue weighted by Gasteiger charge is 2.14. The first kappa shape index (κ1) is 18.3. The molecule has 2 aromatic heterocycles. The zero-order valence-corrected chi connectivity index (χ0v) is 16.6. The molecule has 0 saturated heterocycles. The van der Waals surface area contributed by atoms with Crippen LogP contribution in [0.1, 0.15) is 27.7 Å². The molecule has 0 spiro atoms. The van der Waals surface area contributed by atoms with E-state index in [2.05, 4.69) is 29.4 Å². The average molecular weight is 391 g/mol. The van der Waals surface area contributed by atoms with Gasteiger partial charge in [0.2, 0.25) is 5.95 Å². The van der Waals surface area contributed by atoms with Crippen LogP contribution >= 0.6 is 11.3 Å². The van der Waals surface area contributed by atoms with Crippen LogP contribution in [0.4, 0.5) is 5.95 Å². The third-order valence-electron chi connectivity index (χ3n) is 4.63. The SMILES string of the molecule is CCc1ccc(OCc2csc(C(=O)Nc3nc4ccccc4n3C)c2)cc1. The summed E-state index contributed by atoms with van der Waals surface area (Å²) in [6, 6.07) is 17.7. The number of amides is 1. The number of ether oxygens (including phenoxy) is 1. The zero-order valence-electron chi connectivity index (χ0n) is 15.8. The highest BCUT2D eigenvalue weighted by molar-refractivity contribution is 7.12. The van der Waals surface area contributed by atoms with Gasteiger partial charge in [-0.1, -0.05) is 31.2 Å². The van der Waals surface area contributed by atoms with E-state index in [0.717, 1.165) is 28.8 Å². The van der Waals surface area contributed by atoms with E-state index in [0.29, 0.717) is 17.4 Å². The number of imidazole rings is 1. The number of hydrogen-bond donors (Lipinski definition) is 1. The third kappa shape index (κ3) is 3.77. The van der Waals surface area contributed by atoms with Crippen molar-refractivity contribution >= 4 is 34.2 Å². The first-order valence-electron chi connectivity index (χ1n) is 9.16. The number of para-hydroxylation sites is 2. The summed E-state index contributed by atoms with van der Waals surface area (Å²) >= 11 is 1.40. The van der Waals surface area contributed by atoms with Crippen molar-refractivity contribution in [1.82, 2.24) is 9.55 Å². The maximum absolute atomic E-state index is 12.6. The Balaban J connectivity index is 1.41. The summed E-state index contributed by atoms with van der Waals surface area (Å²) in [4.78, 5) is 17.7. The van der Waals surface area contributed by atoms with Crippen molar-refractivity contribution in [2.75, 3.05) is 5.32 Å². The molecular weight excluding hydrogens is 370 g/mol. The minimum atomic E-state index is -0.165. The third-order valence-corrected chi connectivity index (χ3v) is 5.60. The molecular formula is C22H21N3O2S. The summed E-state index contributed by atoms with van der Waals surface area (Å²) < 4.78 is 7.70. The fraction of sp³-hybridized carbons (Fsp3) is 0.182. The Morgan fingerprint density at radius 3 is 2.68 bits per heavy atom. The highest BCUT2D eigenvalue weighted by Crippen LogP contribution is 2.21. The summed E-state index contributed by atoms with van der Waals surface area (Å²) in [5.74, 6) is 1.20. The average Bonchev–Trinajstić information content (AvgIpc) is 3.32. The van der Waals surface area contributed by atoms with Gasteiger partial charge in [-0.3, -0.25) is 10.1 Å². The van der Waals surface area contributed by atoms with Crippen molar-refractivity contribution in [1.29, 1.82) is 0 Å². The number of fused-ring (bicyclic) bond motifs is 1. The molecule has 0 aliphatic carbocycles. The predicted molar refractivity (Wildman–Crippen MR) is 113 cm³/mol. The molecule has 4 rings (SSSR count). The second kappa shape index (κ2) is 7.86. The number of thiophene rings is 1. The van der Waals surface area contributed by atoms with Crippen molar-refractivity contribution < 1.29 is 9.53 Å². The first-order valence-corrected chi connectivity index (χ1v) is 10.0. The molecule has 2 aromatic carbocycles. The minimum Gasteiger partial charge on any atom is -0.489 e. The fourth-order valence-corrected chi connectivity index (χ4v) is 3.77. The molecule has 6 heteroatoms. The fourth-order valence-electron chi connectivity index (χ4n) is 2.98. The van der Waals surface area contributed by atoms with Gasteiger partial charge in [0.15, 0.2) is 0 Å². The molecule has 0 unspecified atom stereocenters. The monoisotopic (exact) mass is 391 g/mol. The van der Waals surface area contributed by atoms with Crippen molar-refractivity contribution in [2.45, 2.75) is 20.0 Å². The van der Waals surface area contributed by atoms with E-state index in [1.54, 1.807) is 0 Å². The summed E-state index contributed by atoms with van der Waals surface area (Å²) in [5.41, 5.74) is 4.09. The maximum atomic E-state index is 12.6. The van der Waals surface area contributed by atoms with E-state index in [-0.39, 0.29) is 5.91 Å². The van der Waals surface area contributed by atoms with Gasteiger partial charge in [0.05, 0.1) is 15.9 Å². The molecule has 0 radical (unpaired) electrons. The number of hydrogen-bond acceptors (Lipinski definition) is 4. The summed E-state index contributed by atoms with van der Waals surface area (Å²) in [7, 11) is 1.89. The van der Waals surface area contributed by atoms with Crippen LogP contribution in [0, 0.1) is 0 Å². The lowest BCUT2D eigenvalue weighted by Crippen LogP contribution is -2.13. The van der Waals surface area contributed by atoms with Gasteiger partial charge in [-0.05, 0) is 47.7 Å². The molecule has 2 heterocycles. The number of aryl methyl sites for hydroxylation is 2. The molecule has 0 fully saturated rings. The number of anilines is 1. The summed E-state index contributed by atoms with van der Waals surface area (Å²) in [6.07, 6.45) is 1.01. The van der Waals surface area contributed by atoms with Gasteiger partial charge in [-0.25, -0.2) is 4.98 Å². The topological polar surface area (TPSA) is 56.1 Å². The van der Waals surface area contributed by atoms with E-state index >= 15 is 0 Å². The summed E-state index contributed by atoms with van der Waals surface area (Å²) in [5, 5.41) is 4.85. The Hall–Kier alpha value is -3.12. The molecule has 142 valence electrons. The van der Waals surface area contributed by atoms with E-state index in [9.17, 15) is 4.79 Å². The molecule has 1 N–H and O–H groups in total. The lowest BCUT2D eigenvalue weighted by atomic mass is 10.2. The number of benzene rings is 2. The lowest BCUT2D eigenvalue weighted by molar-refractivity contribution is 0.102. The van der Waals surface area contributed by atoms with Crippen LogP contribution in [0.2, 0.25) is 0 Å². The van der Waals surface area contributed by atoms with E-state index in [4.69, 9.17) is 4.74 Å². The van der Waals surface area contributed by atoms with Gasteiger partial charge in [0.25, 0.3) is 5.91 Å². The van der Waals surface area contributed by atoms with Crippen LogP contribution in [0.5, 0.6) is 5.75 Å². The highest BCUT2D eigenvalue weighted by atomic mass is 32.1. The maximum Gasteiger partial charge on any atom is 0.268 e. The Bertz CT molecular complexity index is 1110. The van der Waals surface area contributed by atoms with Gasteiger partial charge >= 0.3 is 0 Å². The normalized spacial score (nSPS) is 10.9. The largest absolute Gasteiger partial charge is 0.489 e.